The van der Waals surface area contributed by atoms with E-state index < -0.39 is 5.82 Å². The molecule has 0 radical (unpaired) electrons. The van der Waals surface area contributed by atoms with Gasteiger partial charge in [0.25, 0.3) is 0 Å². The summed E-state index contributed by atoms with van der Waals surface area (Å²) in [5, 5.41) is 10.9. The van der Waals surface area contributed by atoms with Crippen molar-refractivity contribution in [3.8, 4) is 27.5 Å². The molecule has 1 aliphatic carbocycles. The topological polar surface area (TPSA) is 105 Å². The average molecular weight is 534 g/mol. The van der Waals surface area contributed by atoms with Crippen LogP contribution in [0.15, 0.2) is 42.7 Å². The van der Waals surface area contributed by atoms with Crippen LogP contribution in [-0.2, 0) is 22.4 Å². The van der Waals surface area contributed by atoms with Crippen LogP contribution in [0.3, 0.4) is 0 Å². The van der Waals surface area contributed by atoms with Crippen LogP contribution in [0.2, 0.25) is 0 Å². The van der Waals surface area contributed by atoms with Crippen molar-refractivity contribution in [2.75, 3.05) is 24.2 Å². The SMILES string of the molecule is CC(=O)Nc1nc2c(s1)-c1c(c(-c3cccnc3)nn1-c1ccc(NC(=O)CN(C)C(C)C)cc1F)CC2. The summed E-state index contributed by atoms with van der Waals surface area (Å²) < 4.78 is 17.2. The van der Waals surface area contributed by atoms with Crippen molar-refractivity contribution in [3.05, 3.63) is 59.8 Å². The zero-order valence-electron chi connectivity index (χ0n) is 21.6. The molecule has 5 rings (SSSR count). The smallest absolute Gasteiger partial charge is 0.238 e. The highest BCUT2D eigenvalue weighted by atomic mass is 32.1. The van der Waals surface area contributed by atoms with Gasteiger partial charge >= 0.3 is 0 Å². The molecule has 2 amide bonds. The van der Waals surface area contributed by atoms with Gasteiger partial charge in [-0.15, -0.1) is 0 Å². The molecule has 196 valence electrons. The number of hydrogen-bond acceptors (Lipinski definition) is 7. The summed E-state index contributed by atoms with van der Waals surface area (Å²) in [5.74, 6) is -0.950. The number of pyridine rings is 1. The van der Waals surface area contributed by atoms with E-state index in [4.69, 9.17) is 5.10 Å². The monoisotopic (exact) mass is 533 g/mol. The molecule has 38 heavy (non-hydrogen) atoms. The van der Waals surface area contributed by atoms with Gasteiger partial charge in [0.15, 0.2) is 10.9 Å². The summed E-state index contributed by atoms with van der Waals surface area (Å²) in [6, 6.07) is 8.56. The number of aryl methyl sites for hydroxylation is 1. The third kappa shape index (κ3) is 5.07. The molecule has 3 heterocycles. The van der Waals surface area contributed by atoms with Crippen LogP contribution >= 0.6 is 11.3 Å². The number of hydrogen-bond donors (Lipinski definition) is 2. The van der Waals surface area contributed by atoms with E-state index in [2.05, 4.69) is 20.6 Å². The molecule has 2 N–H and O–H groups in total. The molecule has 0 atom stereocenters. The number of aromatic nitrogens is 4. The number of rotatable bonds is 7. The van der Waals surface area contributed by atoms with E-state index in [1.54, 1.807) is 29.2 Å². The van der Waals surface area contributed by atoms with Crippen molar-refractivity contribution in [2.24, 2.45) is 0 Å². The minimum Gasteiger partial charge on any atom is -0.325 e. The van der Waals surface area contributed by atoms with Crippen LogP contribution in [0.4, 0.5) is 15.2 Å². The Bertz CT molecular complexity index is 1510. The number of nitrogens with one attached hydrogen (secondary N) is 2. The molecule has 0 saturated heterocycles. The molecule has 0 fully saturated rings. The van der Waals surface area contributed by atoms with Gasteiger partial charge in [0.05, 0.1) is 28.5 Å². The molecule has 0 saturated carbocycles. The Labute approximate surface area is 223 Å². The van der Waals surface area contributed by atoms with Gasteiger partial charge in [-0.25, -0.2) is 14.1 Å². The number of nitrogens with zero attached hydrogens (tertiary/aromatic N) is 5. The Morgan fingerprint density at radius 1 is 1.21 bits per heavy atom. The van der Waals surface area contributed by atoms with E-state index in [1.165, 1.54) is 24.3 Å². The Hall–Kier alpha value is -3.96. The van der Waals surface area contributed by atoms with Gasteiger partial charge in [0, 0.05) is 42.2 Å². The Morgan fingerprint density at radius 2 is 2.03 bits per heavy atom. The Balaban J connectivity index is 1.56. The molecule has 0 unspecified atom stereocenters. The van der Waals surface area contributed by atoms with Crippen LogP contribution < -0.4 is 10.6 Å². The van der Waals surface area contributed by atoms with Crippen molar-refractivity contribution in [1.82, 2.24) is 24.6 Å². The van der Waals surface area contributed by atoms with E-state index in [0.717, 1.165) is 33.1 Å². The Morgan fingerprint density at radius 3 is 2.71 bits per heavy atom. The van der Waals surface area contributed by atoms with Gasteiger partial charge in [-0.2, -0.15) is 5.10 Å². The predicted octanol–water partition coefficient (Wildman–Crippen LogP) is 4.53. The lowest BCUT2D eigenvalue weighted by Gasteiger charge is -2.20. The van der Waals surface area contributed by atoms with E-state index in [9.17, 15) is 9.59 Å². The molecule has 4 aromatic rings. The molecule has 0 spiro atoms. The van der Waals surface area contributed by atoms with Crippen molar-refractivity contribution < 1.29 is 14.0 Å². The lowest BCUT2D eigenvalue weighted by Crippen LogP contribution is -2.34. The average Bonchev–Trinajstić information content (AvgIpc) is 3.45. The molecule has 1 aromatic carbocycles. The fraction of sp³-hybridized carbons (Fsp3) is 0.296. The third-order valence-corrected chi connectivity index (χ3v) is 7.48. The first-order valence-corrected chi connectivity index (χ1v) is 13.1. The van der Waals surface area contributed by atoms with Gasteiger partial charge in [-0.3, -0.25) is 19.5 Å². The molecule has 1 aliphatic rings. The highest BCUT2D eigenvalue weighted by Gasteiger charge is 2.30. The number of amides is 2. The van der Waals surface area contributed by atoms with Gasteiger partial charge in [0.1, 0.15) is 5.69 Å². The minimum absolute atomic E-state index is 0.201. The number of fused-ring (bicyclic) bond motifs is 3. The number of anilines is 2. The predicted molar refractivity (Wildman–Crippen MR) is 146 cm³/mol. The summed E-state index contributed by atoms with van der Waals surface area (Å²) >= 11 is 1.35. The van der Waals surface area contributed by atoms with Crippen molar-refractivity contribution in [3.63, 3.8) is 0 Å². The second kappa shape index (κ2) is 10.4. The zero-order valence-corrected chi connectivity index (χ0v) is 22.4. The number of likely N-dealkylation sites (N-methyl/N-ethyl adjacent to an activating group) is 1. The molecule has 0 bridgehead atoms. The molecule has 0 aliphatic heterocycles. The van der Waals surface area contributed by atoms with Gasteiger partial charge < -0.3 is 10.6 Å². The molecule has 9 nitrogen and oxygen atoms in total. The molecular weight excluding hydrogens is 505 g/mol. The molecule has 3 aromatic heterocycles. The normalized spacial score (nSPS) is 12.4. The summed E-state index contributed by atoms with van der Waals surface area (Å²) in [5.41, 5.74) is 4.72. The van der Waals surface area contributed by atoms with Crippen LogP contribution in [0.25, 0.3) is 27.5 Å². The fourth-order valence-corrected chi connectivity index (χ4v) is 5.46. The summed E-state index contributed by atoms with van der Waals surface area (Å²) in [7, 11) is 1.86. The minimum atomic E-state index is -0.526. The van der Waals surface area contributed by atoms with Gasteiger partial charge in [0.2, 0.25) is 11.8 Å². The molecular formula is C27H28FN7O2S. The number of carbonyl (C=O) groups is 2. The maximum absolute atomic E-state index is 15.6. The maximum Gasteiger partial charge on any atom is 0.238 e. The number of halogens is 1. The number of benzene rings is 1. The highest BCUT2D eigenvalue weighted by Crippen LogP contribution is 2.44. The number of thiazole rings is 1. The first kappa shape index (κ1) is 25.7. The summed E-state index contributed by atoms with van der Waals surface area (Å²) in [6.07, 6.45) is 4.77. The summed E-state index contributed by atoms with van der Waals surface area (Å²) in [4.78, 5) is 35.6. The van der Waals surface area contributed by atoms with E-state index in [-0.39, 0.29) is 30.1 Å². The quantitative estimate of drug-likeness (QED) is 0.362. The first-order valence-electron chi connectivity index (χ1n) is 12.3. The van der Waals surface area contributed by atoms with E-state index >= 15 is 4.39 Å². The van der Waals surface area contributed by atoms with Crippen LogP contribution in [-0.4, -0.2) is 56.1 Å². The van der Waals surface area contributed by atoms with Crippen LogP contribution in [0.1, 0.15) is 32.0 Å². The van der Waals surface area contributed by atoms with Crippen molar-refractivity contribution >= 4 is 34.0 Å². The first-order chi connectivity index (χ1) is 18.2. The molecule has 11 heteroatoms. The lowest BCUT2D eigenvalue weighted by atomic mass is 9.95. The zero-order chi connectivity index (χ0) is 27.0. The van der Waals surface area contributed by atoms with E-state index in [0.29, 0.717) is 23.7 Å². The van der Waals surface area contributed by atoms with Crippen LogP contribution in [0, 0.1) is 5.82 Å². The third-order valence-electron chi connectivity index (χ3n) is 6.46. The second-order valence-corrected chi connectivity index (χ2v) is 10.5. The fourth-order valence-electron chi connectivity index (χ4n) is 4.35. The standard InChI is InChI=1S/C27H28FN7O2S/c1-15(2)34(4)14-23(37)31-18-7-10-22(20(28)12-18)35-25-19(24(33-35)17-6-5-11-29-13-17)8-9-21-26(25)38-27(32-21)30-16(3)36/h5-7,10-13,15H,8-9,14H2,1-4H3,(H,31,37)(H,30,32,36). The maximum atomic E-state index is 15.6. The lowest BCUT2D eigenvalue weighted by molar-refractivity contribution is -0.117. The summed E-state index contributed by atoms with van der Waals surface area (Å²) in [6.45, 7) is 5.64. The Kier molecular flexibility index (Phi) is 7.04. The van der Waals surface area contributed by atoms with Gasteiger partial charge in [-0.05, 0) is 64.1 Å². The van der Waals surface area contributed by atoms with Crippen molar-refractivity contribution in [1.29, 1.82) is 0 Å². The number of carbonyl (C=O) groups excluding carboxylic acids is 2. The van der Waals surface area contributed by atoms with Crippen LogP contribution in [0.5, 0.6) is 0 Å². The second-order valence-electron chi connectivity index (χ2n) is 9.53. The van der Waals surface area contributed by atoms with E-state index in [1.807, 2.05) is 37.9 Å². The van der Waals surface area contributed by atoms with Crippen molar-refractivity contribution in [2.45, 2.75) is 39.7 Å². The highest BCUT2D eigenvalue weighted by molar-refractivity contribution is 7.19. The largest absolute Gasteiger partial charge is 0.325 e. The van der Waals surface area contributed by atoms with Gasteiger partial charge in [-0.1, -0.05) is 11.3 Å².